The molecule has 0 fully saturated rings. The van der Waals surface area contributed by atoms with Crippen molar-refractivity contribution in [1.82, 2.24) is 4.98 Å². The van der Waals surface area contributed by atoms with E-state index in [1.807, 2.05) is 0 Å². The number of carbonyl (C=O) groups excluding carboxylic acids is 1. The fraction of sp³-hybridized carbons (Fsp3) is 0.133. The van der Waals surface area contributed by atoms with E-state index in [4.69, 9.17) is 15.6 Å². The van der Waals surface area contributed by atoms with Crippen LogP contribution in [0.15, 0.2) is 48.8 Å². The molecule has 1 aromatic carbocycles. The van der Waals surface area contributed by atoms with Crippen LogP contribution in [0, 0.1) is 0 Å². The Bertz CT molecular complexity index is 600. The SMILES string of the molecule is CCOC(=O)c1cccnc1.Nc1ccccc1C(=O)O. The van der Waals surface area contributed by atoms with Crippen LogP contribution in [0.4, 0.5) is 5.69 Å². The van der Waals surface area contributed by atoms with Gasteiger partial charge in [-0.1, -0.05) is 12.1 Å². The van der Waals surface area contributed by atoms with Crippen molar-refractivity contribution >= 4 is 17.6 Å². The van der Waals surface area contributed by atoms with Crippen LogP contribution in [0.5, 0.6) is 0 Å². The van der Waals surface area contributed by atoms with Crippen molar-refractivity contribution in [3.63, 3.8) is 0 Å². The number of nitrogens with two attached hydrogens (primary N) is 1. The maximum Gasteiger partial charge on any atom is 0.339 e. The number of carbonyl (C=O) groups is 2. The minimum Gasteiger partial charge on any atom is -0.478 e. The molecule has 110 valence electrons. The Morgan fingerprint density at radius 1 is 1.24 bits per heavy atom. The first kappa shape index (κ1) is 16.2. The Hall–Kier alpha value is -2.89. The zero-order valence-electron chi connectivity index (χ0n) is 11.5. The van der Waals surface area contributed by atoms with E-state index >= 15 is 0 Å². The highest BCUT2D eigenvalue weighted by molar-refractivity contribution is 5.93. The molecule has 0 aliphatic carbocycles. The fourth-order valence-electron chi connectivity index (χ4n) is 1.39. The average Bonchev–Trinajstić information content (AvgIpc) is 2.49. The van der Waals surface area contributed by atoms with Crippen LogP contribution in [0.3, 0.4) is 0 Å². The molecule has 0 bridgehead atoms. The number of aromatic carboxylic acids is 1. The molecular formula is C15H16N2O4. The molecule has 6 heteroatoms. The zero-order chi connectivity index (χ0) is 15.7. The summed E-state index contributed by atoms with van der Waals surface area (Å²) < 4.78 is 4.75. The lowest BCUT2D eigenvalue weighted by molar-refractivity contribution is 0.0525. The molecule has 0 aliphatic rings. The van der Waals surface area contributed by atoms with Crippen LogP contribution in [-0.4, -0.2) is 28.6 Å². The number of aromatic nitrogens is 1. The first-order chi connectivity index (χ1) is 10.1. The van der Waals surface area contributed by atoms with Gasteiger partial charge in [0.15, 0.2) is 0 Å². The van der Waals surface area contributed by atoms with Crippen molar-refractivity contribution in [3.05, 3.63) is 59.9 Å². The van der Waals surface area contributed by atoms with Crippen LogP contribution in [-0.2, 0) is 4.74 Å². The summed E-state index contributed by atoms with van der Waals surface area (Å²) in [5.74, 6) is -1.31. The number of benzene rings is 1. The number of nitrogens with zero attached hydrogens (tertiary/aromatic N) is 1. The van der Waals surface area contributed by atoms with Crippen molar-refractivity contribution in [1.29, 1.82) is 0 Å². The molecule has 21 heavy (non-hydrogen) atoms. The van der Waals surface area contributed by atoms with Crippen molar-refractivity contribution < 1.29 is 19.4 Å². The predicted molar refractivity (Wildman–Crippen MR) is 78.0 cm³/mol. The number of carboxylic acid groups (broad SMARTS) is 1. The van der Waals surface area contributed by atoms with Crippen LogP contribution in [0.25, 0.3) is 0 Å². The van der Waals surface area contributed by atoms with Gasteiger partial charge < -0.3 is 15.6 Å². The number of ether oxygens (including phenoxy) is 1. The van der Waals surface area contributed by atoms with Gasteiger partial charge >= 0.3 is 11.9 Å². The number of pyridine rings is 1. The summed E-state index contributed by atoms with van der Waals surface area (Å²) >= 11 is 0. The molecule has 0 saturated heterocycles. The van der Waals surface area contributed by atoms with E-state index in [9.17, 15) is 9.59 Å². The van der Waals surface area contributed by atoms with Gasteiger partial charge in [0.05, 0.1) is 17.7 Å². The van der Waals surface area contributed by atoms with E-state index in [-0.39, 0.29) is 11.5 Å². The highest BCUT2D eigenvalue weighted by atomic mass is 16.5. The van der Waals surface area contributed by atoms with Gasteiger partial charge in [0, 0.05) is 18.1 Å². The molecule has 0 saturated carbocycles. The molecule has 0 spiro atoms. The first-order valence-corrected chi connectivity index (χ1v) is 6.21. The Kier molecular flexibility index (Phi) is 6.40. The molecule has 3 N–H and O–H groups in total. The Labute approximate surface area is 122 Å². The summed E-state index contributed by atoms with van der Waals surface area (Å²) in [5, 5.41) is 8.49. The number of nitrogen functional groups attached to an aromatic ring is 1. The molecule has 1 heterocycles. The van der Waals surface area contributed by atoms with E-state index in [1.54, 1.807) is 43.5 Å². The van der Waals surface area contributed by atoms with Crippen LogP contribution < -0.4 is 5.73 Å². The quantitative estimate of drug-likeness (QED) is 0.663. The van der Waals surface area contributed by atoms with Gasteiger partial charge in [-0.15, -0.1) is 0 Å². The summed E-state index contributed by atoms with van der Waals surface area (Å²) in [4.78, 5) is 25.1. The second kappa shape index (κ2) is 8.31. The number of esters is 1. The number of hydrogen-bond donors (Lipinski definition) is 2. The highest BCUT2D eigenvalue weighted by Crippen LogP contribution is 2.09. The van der Waals surface area contributed by atoms with Gasteiger partial charge in [-0.2, -0.15) is 0 Å². The lowest BCUT2D eigenvalue weighted by Crippen LogP contribution is -2.04. The number of para-hydroxylation sites is 1. The molecule has 0 atom stereocenters. The Morgan fingerprint density at radius 3 is 2.43 bits per heavy atom. The molecule has 6 nitrogen and oxygen atoms in total. The Morgan fingerprint density at radius 2 is 1.95 bits per heavy atom. The monoisotopic (exact) mass is 288 g/mol. The highest BCUT2D eigenvalue weighted by Gasteiger charge is 2.04. The molecule has 0 aliphatic heterocycles. The van der Waals surface area contributed by atoms with Gasteiger partial charge in [0.2, 0.25) is 0 Å². The number of rotatable bonds is 3. The van der Waals surface area contributed by atoms with E-state index in [2.05, 4.69) is 4.98 Å². The molecule has 2 aromatic rings. The second-order valence-electron chi connectivity index (χ2n) is 3.85. The number of anilines is 1. The number of carboxylic acids is 1. The average molecular weight is 288 g/mol. The maximum atomic E-state index is 11.0. The van der Waals surface area contributed by atoms with Crippen LogP contribution in [0.2, 0.25) is 0 Å². The molecular weight excluding hydrogens is 272 g/mol. The lowest BCUT2D eigenvalue weighted by Gasteiger charge is -1.98. The summed E-state index contributed by atoms with van der Waals surface area (Å²) in [6, 6.07) is 9.74. The standard InChI is InChI=1S/C8H9NO2.C7H7NO2/c1-2-11-8(10)7-4-3-5-9-6-7;8-6-4-2-1-3-5(6)7(9)10/h3-6H,2H2,1H3;1-4H,8H2,(H,9,10). The summed E-state index contributed by atoms with van der Waals surface area (Å²) in [6.45, 7) is 2.17. The largest absolute Gasteiger partial charge is 0.478 e. The summed E-state index contributed by atoms with van der Waals surface area (Å²) in [5.41, 5.74) is 6.29. The minimum atomic E-state index is -0.988. The lowest BCUT2D eigenvalue weighted by atomic mass is 10.2. The molecule has 0 amide bonds. The molecule has 0 unspecified atom stereocenters. The summed E-state index contributed by atoms with van der Waals surface area (Å²) in [7, 11) is 0. The van der Waals surface area contributed by atoms with Gasteiger partial charge in [0.25, 0.3) is 0 Å². The number of hydrogen-bond acceptors (Lipinski definition) is 5. The second-order valence-corrected chi connectivity index (χ2v) is 3.85. The van der Waals surface area contributed by atoms with E-state index in [0.29, 0.717) is 17.9 Å². The van der Waals surface area contributed by atoms with Crippen LogP contribution >= 0.6 is 0 Å². The normalized spacial score (nSPS) is 9.19. The topological polar surface area (TPSA) is 103 Å². The fourth-order valence-corrected chi connectivity index (χ4v) is 1.39. The van der Waals surface area contributed by atoms with E-state index < -0.39 is 5.97 Å². The third-order valence-corrected chi connectivity index (χ3v) is 2.36. The zero-order valence-corrected chi connectivity index (χ0v) is 11.5. The van der Waals surface area contributed by atoms with Gasteiger partial charge in [-0.05, 0) is 31.2 Å². The predicted octanol–water partition coefficient (Wildman–Crippen LogP) is 2.23. The van der Waals surface area contributed by atoms with E-state index in [0.717, 1.165) is 0 Å². The van der Waals surface area contributed by atoms with Crippen molar-refractivity contribution in [2.75, 3.05) is 12.3 Å². The van der Waals surface area contributed by atoms with Gasteiger partial charge in [-0.25, -0.2) is 9.59 Å². The smallest absolute Gasteiger partial charge is 0.339 e. The summed E-state index contributed by atoms with van der Waals surface area (Å²) in [6.07, 6.45) is 3.10. The Balaban J connectivity index is 0.000000211. The van der Waals surface area contributed by atoms with Gasteiger partial charge in [-0.3, -0.25) is 4.98 Å². The minimum absolute atomic E-state index is 0.155. The van der Waals surface area contributed by atoms with Crippen molar-refractivity contribution in [2.45, 2.75) is 6.92 Å². The maximum absolute atomic E-state index is 11.0. The van der Waals surface area contributed by atoms with E-state index in [1.165, 1.54) is 12.3 Å². The van der Waals surface area contributed by atoms with Crippen molar-refractivity contribution in [2.24, 2.45) is 0 Å². The third kappa shape index (κ3) is 5.32. The van der Waals surface area contributed by atoms with Gasteiger partial charge in [0.1, 0.15) is 0 Å². The molecule has 0 radical (unpaired) electrons. The van der Waals surface area contributed by atoms with Crippen LogP contribution in [0.1, 0.15) is 27.6 Å². The van der Waals surface area contributed by atoms with Crippen molar-refractivity contribution in [3.8, 4) is 0 Å². The third-order valence-electron chi connectivity index (χ3n) is 2.36. The first-order valence-electron chi connectivity index (χ1n) is 6.21. The molecule has 1 aromatic heterocycles. The molecule has 2 rings (SSSR count).